The molecule has 0 radical (unpaired) electrons. The Bertz CT molecular complexity index is 1080. The molecule has 2 saturated carbocycles. The zero-order valence-electron chi connectivity index (χ0n) is 17.3. The van der Waals surface area contributed by atoms with Crippen molar-refractivity contribution >= 4 is 29.2 Å². The molecule has 2 aromatic heterocycles. The Balaban J connectivity index is 1.43. The minimum absolute atomic E-state index is 0.0604. The van der Waals surface area contributed by atoms with Crippen molar-refractivity contribution in [2.75, 3.05) is 13.1 Å². The molecule has 3 fully saturated rings. The average Bonchev–Trinajstić information content (AvgIpc) is 3.56. The van der Waals surface area contributed by atoms with E-state index in [1.54, 1.807) is 4.90 Å². The van der Waals surface area contributed by atoms with E-state index in [-0.39, 0.29) is 35.4 Å². The van der Waals surface area contributed by atoms with Crippen LogP contribution in [0, 0.1) is 0 Å². The third-order valence-corrected chi connectivity index (χ3v) is 6.92. The molecule has 2 aromatic rings. The molecule has 1 aliphatic heterocycles. The number of carbonyl (C=O) groups is 2. The zero-order valence-corrected chi connectivity index (χ0v) is 18.0. The van der Waals surface area contributed by atoms with Crippen molar-refractivity contribution in [1.29, 1.82) is 0 Å². The minimum Gasteiger partial charge on any atom is -0.319 e. The van der Waals surface area contributed by atoms with Gasteiger partial charge in [0.1, 0.15) is 5.15 Å². The van der Waals surface area contributed by atoms with Gasteiger partial charge in [-0.1, -0.05) is 30.9 Å². The monoisotopic (exact) mass is 469 g/mol. The summed E-state index contributed by atoms with van der Waals surface area (Å²) < 4.78 is 42.2. The van der Waals surface area contributed by atoms with Gasteiger partial charge in [-0.2, -0.15) is 13.2 Å². The molecule has 0 atom stereocenters. The smallest absolute Gasteiger partial charge is 0.319 e. The molecule has 0 spiro atoms. The number of pyridine rings is 1. The first-order chi connectivity index (χ1) is 15.2. The third kappa shape index (κ3) is 3.78. The van der Waals surface area contributed by atoms with Gasteiger partial charge in [0.2, 0.25) is 0 Å². The first kappa shape index (κ1) is 21.4. The van der Waals surface area contributed by atoms with Gasteiger partial charge in [0.05, 0.1) is 12.1 Å². The van der Waals surface area contributed by atoms with Gasteiger partial charge in [-0.15, -0.1) is 0 Å². The number of hydrogen-bond donors (Lipinski definition) is 1. The Kier molecular flexibility index (Phi) is 5.22. The number of halogens is 4. The normalized spacial score (nSPS) is 20.7. The molecular formula is C21H23ClF3N5O2. The van der Waals surface area contributed by atoms with Gasteiger partial charge < -0.3 is 4.90 Å². The zero-order chi connectivity index (χ0) is 22.6. The maximum Gasteiger partial charge on any atom is 0.419 e. The summed E-state index contributed by atoms with van der Waals surface area (Å²) in [7, 11) is 0. The van der Waals surface area contributed by atoms with E-state index in [9.17, 15) is 22.8 Å². The predicted octanol–water partition coefficient (Wildman–Crippen LogP) is 4.60. The summed E-state index contributed by atoms with van der Waals surface area (Å²) in [5.74, 6) is -0.665. The second-order valence-electron chi connectivity index (χ2n) is 8.76. The van der Waals surface area contributed by atoms with Gasteiger partial charge in [-0.05, 0) is 43.2 Å². The second kappa shape index (κ2) is 7.83. The van der Waals surface area contributed by atoms with Crippen LogP contribution in [0.15, 0.2) is 12.3 Å². The highest BCUT2D eigenvalue weighted by molar-refractivity contribution is 6.33. The van der Waals surface area contributed by atoms with Crippen LogP contribution in [0.25, 0.3) is 5.65 Å². The number of alkyl halides is 3. The molecule has 11 heteroatoms. The molecule has 1 saturated heterocycles. The lowest BCUT2D eigenvalue weighted by molar-refractivity contribution is -0.136. The van der Waals surface area contributed by atoms with E-state index >= 15 is 0 Å². The molecule has 3 heterocycles. The number of nitrogens with zero attached hydrogens (tertiary/aromatic N) is 4. The molecule has 0 unspecified atom stereocenters. The fraction of sp³-hybridized carbons (Fsp3) is 0.571. The number of hydrazine groups is 1. The molecule has 32 heavy (non-hydrogen) atoms. The highest BCUT2D eigenvalue weighted by Gasteiger charge is 2.39. The van der Waals surface area contributed by atoms with Crippen LogP contribution in [0.1, 0.15) is 72.5 Å². The molecule has 0 aromatic carbocycles. The number of rotatable bonds is 3. The highest BCUT2D eigenvalue weighted by atomic mass is 35.5. The molecule has 1 N–H and O–H groups in total. The van der Waals surface area contributed by atoms with Crippen LogP contribution in [0.2, 0.25) is 5.15 Å². The van der Waals surface area contributed by atoms with E-state index < -0.39 is 23.3 Å². The summed E-state index contributed by atoms with van der Waals surface area (Å²) in [6.07, 6.45) is 3.68. The van der Waals surface area contributed by atoms with Gasteiger partial charge in [0, 0.05) is 18.8 Å². The quantitative estimate of drug-likeness (QED) is 0.714. The number of amides is 3. The maximum atomic E-state index is 13.7. The van der Waals surface area contributed by atoms with Crippen molar-refractivity contribution in [3.05, 3.63) is 34.2 Å². The summed E-state index contributed by atoms with van der Waals surface area (Å²) in [4.78, 5) is 31.4. The Labute approximate surface area is 187 Å². The fourth-order valence-corrected chi connectivity index (χ4v) is 4.94. The number of fused-ring (bicyclic) bond motifs is 1. The predicted molar refractivity (Wildman–Crippen MR) is 110 cm³/mol. The summed E-state index contributed by atoms with van der Waals surface area (Å²) >= 11 is 6.34. The average molecular weight is 470 g/mol. The number of imidazole rings is 1. The molecular weight excluding hydrogens is 447 g/mol. The van der Waals surface area contributed by atoms with Crippen LogP contribution in [-0.2, 0) is 6.18 Å². The van der Waals surface area contributed by atoms with Crippen molar-refractivity contribution < 1.29 is 22.8 Å². The van der Waals surface area contributed by atoms with E-state index in [2.05, 4.69) is 10.4 Å². The van der Waals surface area contributed by atoms with Gasteiger partial charge in [0.25, 0.3) is 5.91 Å². The van der Waals surface area contributed by atoms with E-state index in [4.69, 9.17) is 11.6 Å². The van der Waals surface area contributed by atoms with Crippen LogP contribution in [0.5, 0.6) is 0 Å². The van der Waals surface area contributed by atoms with Gasteiger partial charge in [-0.3, -0.25) is 9.20 Å². The third-order valence-electron chi connectivity index (χ3n) is 6.56. The van der Waals surface area contributed by atoms with E-state index in [0.717, 1.165) is 60.4 Å². The van der Waals surface area contributed by atoms with Crippen LogP contribution in [0.4, 0.5) is 18.0 Å². The van der Waals surface area contributed by atoms with Crippen LogP contribution in [-0.4, -0.2) is 50.4 Å². The first-order valence-electron chi connectivity index (χ1n) is 10.9. The number of urea groups is 1. The van der Waals surface area contributed by atoms with Crippen molar-refractivity contribution in [2.45, 2.75) is 63.1 Å². The summed E-state index contributed by atoms with van der Waals surface area (Å²) in [6.45, 7) is 0.553. The topological polar surface area (TPSA) is 70.0 Å². The molecule has 7 nitrogen and oxygen atoms in total. The van der Waals surface area contributed by atoms with Crippen molar-refractivity contribution in [3.8, 4) is 0 Å². The molecule has 172 valence electrons. The fourth-order valence-electron chi connectivity index (χ4n) is 4.69. The van der Waals surface area contributed by atoms with E-state index in [1.165, 1.54) is 6.20 Å². The van der Waals surface area contributed by atoms with Crippen LogP contribution >= 0.6 is 11.6 Å². The van der Waals surface area contributed by atoms with Gasteiger partial charge in [0.15, 0.2) is 11.3 Å². The Morgan fingerprint density at radius 1 is 1.12 bits per heavy atom. The Morgan fingerprint density at radius 3 is 2.47 bits per heavy atom. The molecule has 3 amide bonds. The standard InChI is InChI=1S/C21H23ClF3N5O2/c22-17-16(19(31)30-9-8-28(20(32)27-30)14-4-2-1-3-5-14)26-18-15(21(23,24)25)10-13(11-29(17)18)12-6-7-12/h10-12,14H,1-9H2,(H,27,32). The highest BCUT2D eigenvalue weighted by Crippen LogP contribution is 2.43. The van der Waals surface area contributed by atoms with Crippen LogP contribution < -0.4 is 5.43 Å². The van der Waals surface area contributed by atoms with Crippen molar-refractivity contribution in [3.63, 3.8) is 0 Å². The van der Waals surface area contributed by atoms with E-state index in [1.807, 2.05) is 0 Å². The lowest BCUT2D eigenvalue weighted by Crippen LogP contribution is -2.61. The lowest BCUT2D eigenvalue weighted by Gasteiger charge is -2.40. The summed E-state index contributed by atoms with van der Waals surface area (Å²) in [6, 6.07) is 0.855. The SMILES string of the molecule is O=C(c1nc2c(C(F)(F)F)cc(C3CC3)cn2c1Cl)N1CCN(C2CCCCC2)C(=O)N1. The number of carbonyl (C=O) groups excluding carboxylic acids is 2. The van der Waals surface area contributed by atoms with Crippen molar-refractivity contribution in [2.24, 2.45) is 0 Å². The van der Waals surface area contributed by atoms with Gasteiger partial charge >= 0.3 is 12.2 Å². The number of aromatic nitrogens is 2. The maximum absolute atomic E-state index is 13.7. The largest absolute Gasteiger partial charge is 0.419 e. The van der Waals surface area contributed by atoms with Gasteiger partial charge in [-0.25, -0.2) is 20.2 Å². The lowest BCUT2D eigenvalue weighted by atomic mass is 9.94. The van der Waals surface area contributed by atoms with Crippen LogP contribution in [0.3, 0.4) is 0 Å². The number of nitrogens with one attached hydrogen (secondary N) is 1. The van der Waals surface area contributed by atoms with E-state index in [0.29, 0.717) is 12.1 Å². The molecule has 5 rings (SSSR count). The Hall–Kier alpha value is -2.49. The Morgan fingerprint density at radius 2 is 1.84 bits per heavy atom. The second-order valence-corrected chi connectivity index (χ2v) is 9.12. The minimum atomic E-state index is -4.64. The molecule has 0 bridgehead atoms. The van der Waals surface area contributed by atoms with Crippen molar-refractivity contribution in [1.82, 2.24) is 24.7 Å². The molecule has 2 aliphatic carbocycles. The molecule has 3 aliphatic rings. The summed E-state index contributed by atoms with van der Waals surface area (Å²) in [5, 5.41) is 0.895. The first-order valence-corrected chi connectivity index (χ1v) is 11.3. The number of hydrogen-bond acceptors (Lipinski definition) is 3. The summed E-state index contributed by atoms with van der Waals surface area (Å²) in [5.41, 5.74) is 1.44.